The van der Waals surface area contributed by atoms with Crippen molar-refractivity contribution in [2.75, 3.05) is 26.0 Å². The van der Waals surface area contributed by atoms with E-state index in [1.54, 1.807) is 4.90 Å². The van der Waals surface area contributed by atoms with Crippen molar-refractivity contribution in [3.05, 3.63) is 29.3 Å². The van der Waals surface area contributed by atoms with Crippen LogP contribution in [0.25, 0.3) is 0 Å². The highest BCUT2D eigenvalue weighted by molar-refractivity contribution is 7.88. The summed E-state index contributed by atoms with van der Waals surface area (Å²) in [5.74, 6) is 0.826. The van der Waals surface area contributed by atoms with Gasteiger partial charge in [-0.2, -0.15) is 0 Å². The summed E-state index contributed by atoms with van der Waals surface area (Å²) in [7, 11) is -3.25. The molecule has 1 N–H and O–H groups in total. The summed E-state index contributed by atoms with van der Waals surface area (Å²) in [6, 6.07) is 5.81. The Bertz CT molecular complexity index is 703. The number of carbonyl (C=O) groups is 1. The molecule has 0 spiro atoms. The van der Waals surface area contributed by atoms with Crippen molar-refractivity contribution in [2.24, 2.45) is 0 Å². The highest BCUT2D eigenvalue weighted by Gasteiger charge is 2.27. The minimum Gasteiger partial charge on any atom is -0.493 e. The molecule has 6 nitrogen and oxygen atoms in total. The zero-order valence-electron chi connectivity index (χ0n) is 15.2. The fourth-order valence-electron chi connectivity index (χ4n) is 3.06. The first-order valence-electron chi connectivity index (χ1n) is 8.71. The summed E-state index contributed by atoms with van der Waals surface area (Å²) >= 11 is 0. The van der Waals surface area contributed by atoms with Crippen LogP contribution in [-0.2, 0) is 14.8 Å². The van der Waals surface area contributed by atoms with Crippen molar-refractivity contribution in [3.63, 3.8) is 0 Å². The number of rotatable bonds is 7. The molecule has 25 heavy (non-hydrogen) atoms. The van der Waals surface area contributed by atoms with E-state index in [2.05, 4.69) is 4.72 Å². The molecule has 1 aromatic rings. The molecule has 7 heteroatoms. The van der Waals surface area contributed by atoms with Gasteiger partial charge in [0.15, 0.2) is 0 Å². The Morgan fingerprint density at radius 1 is 1.32 bits per heavy atom. The van der Waals surface area contributed by atoms with Gasteiger partial charge in [-0.05, 0) is 50.3 Å². The molecule has 1 fully saturated rings. The Morgan fingerprint density at radius 3 is 2.80 bits per heavy atom. The monoisotopic (exact) mass is 368 g/mol. The molecule has 1 saturated heterocycles. The van der Waals surface area contributed by atoms with Crippen molar-refractivity contribution >= 4 is 15.9 Å². The third-order valence-corrected chi connectivity index (χ3v) is 5.35. The van der Waals surface area contributed by atoms with Crippen LogP contribution in [0.5, 0.6) is 5.75 Å². The Labute approximate surface area is 150 Å². The van der Waals surface area contributed by atoms with Crippen molar-refractivity contribution in [1.82, 2.24) is 9.62 Å². The lowest BCUT2D eigenvalue weighted by molar-refractivity contribution is -0.135. The summed E-state index contributed by atoms with van der Waals surface area (Å²) in [5.41, 5.74) is 2.25. The average molecular weight is 368 g/mol. The number of likely N-dealkylation sites (tertiary alicyclic amines) is 1. The summed E-state index contributed by atoms with van der Waals surface area (Å²) in [6.45, 7) is 5.32. The molecule has 1 amide bonds. The molecule has 1 aliphatic heterocycles. The number of aryl methyl sites for hydroxylation is 1. The quantitative estimate of drug-likeness (QED) is 0.799. The van der Waals surface area contributed by atoms with Crippen LogP contribution in [-0.4, -0.2) is 51.2 Å². The maximum Gasteiger partial charge on any atom is 0.226 e. The van der Waals surface area contributed by atoms with Gasteiger partial charge in [0.25, 0.3) is 0 Å². The van der Waals surface area contributed by atoms with Crippen LogP contribution in [0, 0.1) is 13.8 Å². The largest absolute Gasteiger partial charge is 0.493 e. The minimum absolute atomic E-state index is 0.0188. The molecule has 1 aromatic carbocycles. The first kappa shape index (κ1) is 19.7. The first-order valence-corrected chi connectivity index (χ1v) is 10.6. The van der Waals surface area contributed by atoms with Crippen molar-refractivity contribution in [2.45, 2.75) is 45.6 Å². The predicted molar refractivity (Wildman–Crippen MR) is 98.2 cm³/mol. The lowest BCUT2D eigenvalue weighted by atomic mass is 10.0. The van der Waals surface area contributed by atoms with Crippen LogP contribution >= 0.6 is 0 Å². The third kappa shape index (κ3) is 6.01. The zero-order chi connectivity index (χ0) is 18.4. The van der Waals surface area contributed by atoms with Crippen molar-refractivity contribution in [1.29, 1.82) is 0 Å². The van der Waals surface area contributed by atoms with E-state index in [0.29, 0.717) is 19.6 Å². The van der Waals surface area contributed by atoms with Crippen LogP contribution < -0.4 is 9.46 Å². The van der Waals surface area contributed by atoms with Crippen molar-refractivity contribution < 1.29 is 17.9 Å². The van der Waals surface area contributed by atoms with E-state index in [9.17, 15) is 13.2 Å². The van der Waals surface area contributed by atoms with Crippen LogP contribution in [0.3, 0.4) is 0 Å². The number of benzene rings is 1. The van der Waals surface area contributed by atoms with Crippen LogP contribution in [0.15, 0.2) is 18.2 Å². The van der Waals surface area contributed by atoms with Gasteiger partial charge in [0.05, 0.1) is 19.3 Å². The Morgan fingerprint density at radius 2 is 2.08 bits per heavy atom. The smallest absolute Gasteiger partial charge is 0.226 e. The van der Waals surface area contributed by atoms with Gasteiger partial charge in [0.2, 0.25) is 15.9 Å². The number of ether oxygens (including phenoxy) is 1. The van der Waals surface area contributed by atoms with E-state index in [0.717, 1.165) is 42.4 Å². The molecular formula is C18H28N2O4S. The Balaban J connectivity index is 1.88. The molecular weight excluding hydrogens is 340 g/mol. The second-order valence-corrected chi connectivity index (χ2v) is 8.49. The second kappa shape index (κ2) is 8.67. The number of hydrogen-bond donors (Lipinski definition) is 1. The molecule has 0 aromatic heterocycles. The molecule has 140 valence electrons. The SMILES string of the molecule is Cc1cccc(OCCC(=O)N2CCCCC2CNS(C)(=O)=O)c1C. The normalized spacial score (nSPS) is 18.2. The second-order valence-electron chi connectivity index (χ2n) is 6.65. The van der Waals surface area contributed by atoms with E-state index in [1.807, 2.05) is 32.0 Å². The van der Waals surface area contributed by atoms with Gasteiger partial charge < -0.3 is 9.64 Å². The molecule has 0 aliphatic carbocycles. The molecule has 1 unspecified atom stereocenters. The molecule has 2 rings (SSSR count). The standard InChI is InChI=1S/C18H28N2O4S/c1-14-7-6-9-17(15(14)2)24-12-10-18(21)20-11-5-4-8-16(20)13-19-25(3,22)23/h6-7,9,16,19H,4-5,8,10-13H2,1-3H3. The van der Waals surface area contributed by atoms with E-state index < -0.39 is 10.0 Å². The third-order valence-electron chi connectivity index (χ3n) is 4.66. The number of piperidine rings is 1. The number of nitrogens with one attached hydrogen (secondary N) is 1. The van der Waals surface area contributed by atoms with Crippen LogP contribution in [0.4, 0.5) is 0 Å². The zero-order valence-corrected chi connectivity index (χ0v) is 16.1. The van der Waals surface area contributed by atoms with Gasteiger partial charge in [-0.1, -0.05) is 12.1 Å². The van der Waals surface area contributed by atoms with Gasteiger partial charge in [0, 0.05) is 19.1 Å². The molecule has 1 heterocycles. The molecule has 0 saturated carbocycles. The molecule has 1 aliphatic rings. The van der Waals surface area contributed by atoms with Gasteiger partial charge in [-0.3, -0.25) is 4.79 Å². The predicted octanol–water partition coefficient (Wildman–Crippen LogP) is 2.00. The maximum atomic E-state index is 12.5. The van der Waals surface area contributed by atoms with Crippen molar-refractivity contribution in [3.8, 4) is 5.75 Å². The molecule has 1 atom stereocenters. The number of nitrogens with zero attached hydrogens (tertiary/aromatic N) is 1. The van der Waals surface area contributed by atoms with Crippen LogP contribution in [0.1, 0.15) is 36.8 Å². The Hall–Kier alpha value is -1.60. The number of hydrogen-bond acceptors (Lipinski definition) is 4. The molecule has 0 bridgehead atoms. The van der Waals surface area contributed by atoms with E-state index in [4.69, 9.17) is 4.74 Å². The summed E-state index contributed by atoms with van der Waals surface area (Å²) < 4.78 is 30.9. The number of sulfonamides is 1. The molecule has 0 radical (unpaired) electrons. The fourth-order valence-corrected chi connectivity index (χ4v) is 3.56. The fraction of sp³-hybridized carbons (Fsp3) is 0.611. The Kier molecular flexibility index (Phi) is 6.84. The number of amides is 1. The van der Waals surface area contributed by atoms with E-state index in [-0.39, 0.29) is 18.5 Å². The highest BCUT2D eigenvalue weighted by Crippen LogP contribution is 2.21. The van der Waals surface area contributed by atoms with Gasteiger partial charge in [-0.15, -0.1) is 0 Å². The minimum atomic E-state index is -3.25. The summed E-state index contributed by atoms with van der Waals surface area (Å²) in [4.78, 5) is 14.3. The average Bonchev–Trinajstić information content (AvgIpc) is 2.56. The number of carbonyl (C=O) groups excluding carboxylic acids is 1. The van der Waals surface area contributed by atoms with Gasteiger partial charge >= 0.3 is 0 Å². The van der Waals surface area contributed by atoms with Crippen LogP contribution in [0.2, 0.25) is 0 Å². The summed E-state index contributed by atoms with van der Waals surface area (Å²) in [5, 5.41) is 0. The maximum absolute atomic E-state index is 12.5. The highest BCUT2D eigenvalue weighted by atomic mass is 32.2. The lowest BCUT2D eigenvalue weighted by Gasteiger charge is -2.35. The van der Waals surface area contributed by atoms with E-state index in [1.165, 1.54) is 0 Å². The van der Waals surface area contributed by atoms with E-state index >= 15 is 0 Å². The summed E-state index contributed by atoms with van der Waals surface area (Å²) in [6.07, 6.45) is 4.23. The topological polar surface area (TPSA) is 75.7 Å². The van der Waals surface area contributed by atoms with Gasteiger partial charge in [-0.25, -0.2) is 13.1 Å². The lowest BCUT2D eigenvalue weighted by Crippen LogP contribution is -2.49. The van der Waals surface area contributed by atoms with Gasteiger partial charge in [0.1, 0.15) is 5.75 Å². The first-order chi connectivity index (χ1) is 11.8.